The highest BCUT2D eigenvalue weighted by atomic mass is 14.6. The van der Waals surface area contributed by atoms with Gasteiger partial charge in [-0.25, -0.2) is 0 Å². The number of benzene rings is 3. The van der Waals surface area contributed by atoms with Crippen molar-refractivity contribution in [3.63, 3.8) is 0 Å². The van der Waals surface area contributed by atoms with Crippen LogP contribution in [0.1, 0.15) is 47.4 Å². The molecule has 2 heteroatoms. The van der Waals surface area contributed by atoms with E-state index in [-0.39, 0.29) is 5.41 Å². The Morgan fingerprint density at radius 1 is 0.742 bits per heavy atom. The molecule has 0 radical (unpaired) electrons. The van der Waals surface area contributed by atoms with Crippen LogP contribution in [0.3, 0.4) is 0 Å². The van der Waals surface area contributed by atoms with Gasteiger partial charge < -0.3 is 11.5 Å². The molecule has 3 aliphatic rings. The van der Waals surface area contributed by atoms with E-state index in [4.69, 9.17) is 11.5 Å². The second-order valence-corrected chi connectivity index (χ2v) is 9.32. The molecule has 2 unspecified atom stereocenters. The van der Waals surface area contributed by atoms with Gasteiger partial charge in [0.05, 0.1) is 5.41 Å². The molecule has 1 saturated carbocycles. The van der Waals surface area contributed by atoms with Crippen molar-refractivity contribution in [2.75, 3.05) is 11.5 Å². The van der Waals surface area contributed by atoms with Gasteiger partial charge >= 0.3 is 0 Å². The van der Waals surface area contributed by atoms with Gasteiger partial charge in [0.15, 0.2) is 0 Å². The van der Waals surface area contributed by atoms with E-state index >= 15 is 0 Å². The van der Waals surface area contributed by atoms with Crippen LogP contribution in [-0.2, 0) is 5.41 Å². The monoisotopic (exact) mass is 404 g/mol. The van der Waals surface area contributed by atoms with Crippen molar-refractivity contribution in [2.24, 2.45) is 11.8 Å². The first-order chi connectivity index (χ1) is 15.2. The molecule has 0 aliphatic heterocycles. The normalized spacial score (nSPS) is 23.5. The molecule has 3 aromatic carbocycles. The maximum atomic E-state index is 6.10. The lowest BCUT2D eigenvalue weighted by molar-refractivity contribution is 0.327. The van der Waals surface area contributed by atoms with Gasteiger partial charge in [-0.3, -0.25) is 0 Å². The van der Waals surface area contributed by atoms with Crippen LogP contribution < -0.4 is 11.5 Å². The number of hydrogen-bond donors (Lipinski definition) is 2. The lowest BCUT2D eigenvalue weighted by atomic mass is 9.60. The molecule has 154 valence electrons. The van der Waals surface area contributed by atoms with E-state index in [1.54, 1.807) is 5.57 Å². The molecule has 2 atom stereocenters. The van der Waals surface area contributed by atoms with Crippen LogP contribution in [0.2, 0.25) is 0 Å². The van der Waals surface area contributed by atoms with E-state index in [2.05, 4.69) is 66.8 Å². The molecule has 0 aromatic heterocycles. The number of allylic oxidation sites excluding steroid dienone is 4. The number of nitrogens with two attached hydrogens (primary N) is 2. The summed E-state index contributed by atoms with van der Waals surface area (Å²) in [4.78, 5) is 0. The summed E-state index contributed by atoms with van der Waals surface area (Å²) >= 11 is 0. The van der Waals surface area contributed by atoms with Gasteiger partial charge in [0.25, 0.3) is 0 Å². The molecule has 0 saturated heterocycles. The fourth-order valence-corrected chi connectivity index (χ4v) is 6.27. The molecular weight excluding hydrogens is 376 g/mol. The summed E-state index contributed by atoms with van der Waals surface area (Å²) in [6.07, 6.45) is 11.2. The van der Waals surface area contributed by atoms with Crippen molar-refractivity contribution in [1.82, 2.24) is 0 Å². The molecule has 31 heavy (non-hydrogen) atoms. The number of fused-ring (bicyclic) bond motifs is 3. The zero-order chi connectivity index (χ0) is 21.0. The quantitative estimate of drug-likeness (QED) is 0.511. The molecule has 3 aliphatic carbocycles. The Labute approximate surface area is 184 Å². The number of anilines is 2. The highest BCUT2D eigenvalue weighted by Crippen LogP contribution is 2.62. The minimum atomic E-state index is -0.261. The third-order valence-electron chi connectivity index (χ3n) is 7.85. The highest BCUT2D eigenvalue weighted by Gasteiger charge is 2.55. The van der Waals surface area contributed by atoms with E-state index < -0.39 is 0 Å². The Kier molecular flexibility index (Phi) is 4.11. The van der Waals surface area contributed by atoms with Gasteiger partial charge in [-0.1, -0.05) is 78.8 Å². The summed E-state index contributed by atoms with van der Waals surface area (Å²) in [5.41, 5.74) is 20.6. The van der Waals surface area contributed by atoms with Gasteiger partial charge in [-0.15, -0.1) is 0 Å². The topological polar surface area (TPSA) is 52.0 Å². The predicted octanol–water partition coefficient (Wildman–Crippen LogP) is 6.20. The van der Waals surface area contributed by atoms with Crippen molar-refractivity contribution in [3.05, 3.63) is 119 Å². The average molecular weight is 405 g/mol. The Balaban J connectivity index is 1.66. The number of hydrogen-bond acceptors (Lipinski definition) is 2. The van der Waals surface area contributed by atoms with Crippen LogP contribution in [0.25, 0.3) is 0 Å². The SMILES string of the molecule is Nc1ccc(C2(c3ccc(N)cc3)c3ccccc3C3C(C4CCC4)=CC=CC32)cc1. The zero-order valence-electron chi connectivity index (χ0n) is 17.7. The number of rotatable bonds is 3. The zero-order valence-corrected chi connectivity index (χ0v) is 17.7. The Bertz CT molecular complexity index is 1130. The largest absolute Gasteiger partial charge is 0.399 e. The molecule has 6 rings (SSSR count). The minimum Gasteiger partial charge on any atom is -0.399 e. The summed E-state index contributed by atoms with van der Waals surface area (Å²) in [6, 6.07) is 26.1. The van der Waals surface area contributed by atoms with Crippen molar-refractivity contribution in [1.29, 1.82) is 0 Å². The van der Waals surface area contributed by atoms with E-state index in [0.29, 0.717) is 11.8 Å². The van der Waals surface area contributed by atoms with Crippen LogP contribution >= 0.6 is 0 Å². The van der Waals surface area contributed by atoms with Crippen molar-refractivity contribution in [3.8, 4) is 0 Å². The molecule has 0 spiro atoms. The van der Waals surface area contributed by atoms with Gasteiger partial charge in [0.1, 0.15) is 0 Å². The summed E-state index contributed by atoms with van der Waals surface area (Å²) in [5, 5.41) is 0. The van der Waals surface area contributed by atoms with E-state index in [1.807, 2.05) is 24.3 Å². The van der Waals surface area contributed by atoms with Gasteiger partial charge in [0.2, 0.25) is 0 Å². The third kappa shape index (κ3) is 2.57. The fourth-order valence-electron chi connectivity index (χ4n) is 6.27. The molecular formula is C29H28N2. The van der Waals surface area contributed by atoms with Gasteiger partial charge in [-0.2, -0.15) is 0 Å². The molecule has 4 N–H and O–H groups in total. The van der Waals surface area contributed by atoms with E-state index in [1.165, 1.54) is 41.5 Å². The molecule has 0 bridgehead atoms. The maximum Gasteiger partial charge on any atom is 0.0525 e. The average Bonchev–Trinajstić information content (AvgIpc) is 3.06. The Morgan fingerprint density at radius 3 is 1.94 bits per heavy atom. The molecule has 0 amide bonds. The fraction of sp³-hybridized carbons (Fsp3) is 0.241. The Hall–Kier alpha value is -3.26. The predicted molar refractivity (Wildman–Crippen MR) is 129 cm³/mol. The lowest BCUT2D eigenvalue weighted by Gasteiger charge is -2.42. The van der Waals surface area contributed by atoms with Gasteiger partial charge in [0, 0.05) is 23.2 Å². The number of nitrogen functional groups attached to an aromatic ring is 2. The summed E-state index contributed by atoms with van der Waals surface area (Å²) < 4.78 is 0. The summed E-state index contributed by atoms with van der Waals surface area (Å²) in [5.74, 6) is 1.47. The first kappa shape index (κ1) is 18.5. The first-order valence-electron chi connectivity index (χ1n) is 11.4. The molecule has 3 aromatic rings. The first-order valence-corrected chi connectivity index (χ1v) is 11.4. The van der Waals surface area contributed by atoms with Crippen LogP contribution in [-0.4, -0.2) is 0 Å². The standard InChI is InChI=1S/C29H28N2/c30-22-15-11-20(12-16-22)29(21-13-17-23(31)18-14-21)26-9-2-1-7-25(26)28-24(19-5-3-6-19)8-4-10-27(28)29/h1-2,4,7-19,27-28H,3,5-6,30-31H2. The van der Waals surface area contributed by atoms with Crippen LogP contribution in [0.4, 0.5) is 11.4 Å². The maximum absolute atomic E-state index is 6.10. The van der Waals surface area contributed by atoms with Gasteiger partial charge in [-0.05, 0) is 65.3 Å². The smallest absolute Gasteiger partial charge is 0.0525 e. The minimum absolute atomic E-state index is 0.261. The second-order valence-electron chi connectivity index (χ2n) is 9.32. The van der Waals surface area contributed by atoms with Crippen molar-refractivity contribution in [2.45, 2.75) is 30.6 Å². The van der Waals surface area contributed by atoms with Crippen molar-refractivity contribution < 1.29 is 0 Å². The van der Waals surface area contributed by atoms with Crippen LogP contribution in [0.15, 0.2) is 96.6 Å². The van der Waals surface area contributed by atoms with Crippen LogP contribution in [0.5, 0.6) is 0 Å². The second kappa shape index (κ2) is 6.88. The highest BCUT2D eigenvalue weighted by molar-refractivity contribution is 5.65. The van der Waals surface area contributed by atoms with E-state index in [0.717, 1.165) is 17.3 Å². The molecule has 1 fully saturated rings. The Morgan fingerprint density at radius 2 is 1.35 bits per heavy atom. The molecule has 0 heterocycles. The third-order valence-corrected chi connectivity index (χ3v) is 7.85. The van der Waals surface area contributed by atoms with Crippen LogP contribution in [0, 0.1) is 11.8 Å². The molecule has 2 nitrogen and oxygen atoms in total. The summed E-state index contributed by atoms with van der Waals surface area (Å²) in [7, 11) is 0. The van der Waals surface area contributed by atoms with Crippen molar-refractivity contribution >= 4 is 11.4 Å². The van der Waals surface area contributed by atoms with E-state index in [9.17, 15) is 0 Å². The lowest BCUT2D eigenvalue weighted by Crippen LogP contribution is -2.36. The summed E-state index contributed by atoms with van der Waals surface area (Å²) in [6.45, 7) is 0.